The van der Waals surface area contributed by atoms with E-state index >= 15 is 0 Å². The molecule has 0 aliphatic carbocycles. The Morgan fingerprint density at radius 3 is 2.53 bits per heavy atom. The number of hydrogen-bond donors (Lipinski definition) is 2. The van der Waals surface area contributed by atoms with E-state index in [-0.39, 0.29) is 4.90 Å². The van der Waals surface area contributed by atoms with Crippen LogP contribution in [0.2, 0.25) is 0 Å². The van der Waals surface area contributed by atoms with Crippen LogP contribution in [0.25, 0.3) is 0 Å². The average molecular weight is 275 g/mol. The topological polar surface area (TPSA) is 89.4 Å². The molecule has 0 heterocycles. The maximum atomic E-state index is 11.2. The number of nitrogen functional groups attached to an aromatic ring is 1. The first-order valence-corrected chi connectivity index (χ1v) is 7.54. The van der Waals surface area contributed by atoms with E-state index < -0.39 is 10.0 Å². The van der Waals surface area contributed by atoms with Gasteiger partial charge >= 0.3 is 0 Å². The zero-order valence-corrected chi connectivity index (χ0v) is 11.5. The predicted molar refractivity (Wildman–Crippen MR) is 71.5 cm³/mol. The van der Waals surface area contributed by atoms with E-state index in [1.165, 1.54) is 23.9 Å². The molecule has 0 radical (unpaired) electrons. The van der Waals surface area contributed by atoms with Gasteiger partial charge in [0.05, 0.1) is 4.90 Å². The standard InChI is InChI=1S/C10H17N3O2S2/c1-13(2)5-6-16-10-7-8(17(12,14)15)3-4-9(10)11/h3-4,7H,5-6,11H2,1-2H3,(H2,12,14,15). The Bertz CT molecular complexity index is 486. The zero-order chi connectivity index (χ0) is 13.1. The number of sulfonamides is 1. The summed E-state index contributed by atoms with van der Waals surface area (Å²) < 4.78 is 22.4. The van der Waals surface area contributed by atoms with Gasteiger partial charge in [0, 0.05) is 22.9 Å². The molecule has 1 aromatic rings. The molecule has 17 heavy (non-hydrogen) atoms. The van der Waals surface area contributed by atoms with E-state index in [2.05, 4.69) is 0 Å². The number of thioether (sulfide) groups is 1. The Hall–Kier alpha value is -0.760. The lowest BCUT2D eigenvalue weighted by atomic mass is 10.3. The highest BCUT2D eigenvalue weighted by molar-refractivity contribution is 7.99. The van der Waals surface area contributed by atoms with E-state index in [9.17, 15) is 8.42 Å². The average Bonchev–Trinajstić information content (AvgIpc) is 2.18. The predicted octanol–water partition coefficient (Wildman–Crippen LogP) is 0.570. The van der Waals surface area contributed by atoms with Crippen LogP contribution in [0, 0.1) is 0 Å². The highest BCUT2D eigenvalue weighted by atomic mass is 32.2. The third-order valence-electron chi connectivity index (χ3n) is 2.11. The summed E-state index contributed by atoms with van der Waals surface area (Å²) in [5, 5.41) is 5.07. The summed E-state index contributed by atoms with van der Waals surface area (Å²) >= 11 is 1.52. The molecule has 0 fully saturated rings. The Morgan fingerprint density at radius 1 is 1.35 bits per heavy atom. The maximum absolute atomic E-state index is 11.2. The van der Waals surface area contributed by atoms with Gasteiger partial charge in [0.1, 0.15) is 0 Å². The van der Waals surface area contributed by atoms with E-state index in [0.29, 0.717) is 5.69 Å². The van der Waals surface area contributed by atoms with E-state index in [1.807, 2.05) is 19.0 Å². The lowest BCUT2D eigenvalue weighted by Crippen LogP contribution is -2.15. The smallest absolute Gasteiger partial charge is 0.238 e. The van der Waals surface area contributed by atoms with Crippen LogP contribution < -0.4 is 10.9 Å². The van der Waals surface area contributed by atoms with Crippen molar-refractivity contribution in [1.29, 1.82) is 0 Å². The van der Waals surface area contributed by atoms with Crippen LogP contribution in [0.1, 0.15) is 0 Å². The summed E-state index contributed by atoms with van der Waals surface area (Å²) in [5.74, 6) is 0.839. The van der Waals surface area contributed by atoms with Gasteiger partial charge in [-0.1, -0.05) is 0 Å². The number of nitrogens with two attached hydrogens (primary N) is 2. The Morgan fingerprint density at radius 2 is 2.00 bits per heavy atom. The molecule has 0 saturated heterocycles. The molecule has 5 nitrogen and oxygen atoms in total. The van der Waals surface area contributed by atoms with Gasteiger partial charge in [0.15, 0.2) is 0 Å². The minimum absolute atomic E-state index is 0.0963. The van der Waals surface area contributed by atoms with Crippen LogP contribution in [0.4, 0.5) is 5.69 Å². The van der Waals surface area contributed by atoms with Crippen LogP contribution >= 0.6 is 11.8 Å². The van der Waals surface area contributed by atoms with E-state index in [0.717, 1.165) is 17.2 Å². The van der Waals surface area contributed by atoms with Crippen LogP contribution in [0.15, 0.2) is 28.0 Å². The van der Waals surface area contributed by atoms with Crippen molar-refractivity contribution < 1.29 is 8.42 Å². The van der Waals surface area contributed by atoms with Crippen molar-refractivity contribution in [3.8, 4) is 0 Å². The van der Waals surface area contributed by atoms with Crippen molar-refractivity contribution in [2.75, 3.05) is 32.1 Å². The lowest BCUT2D eigenvalue weighted by Gasteiger charge is -2.10. The molecule has 7 heteroatoms. The summed E-state index contributed by atoms with van der Waals surface area (Å²) in [5.41, 5.74) is 6.35. The van der Waals surface area contributed by atoms with Crippen molar-refractivity contribution >= 4 is 27.5 Å². The van der Waals surface area contributed by atoms with E-state index in [4.69, 9.17) is 10.9 Å². The minimum atomic E-state index is -3.66. The van der Waals surface area contributed by atoms with Crippen molar-refractivity contribution in [3.05, 3.63) is 18.2 Å². The van der Waals surface area contributed by atoms with E-state index in [1.54, 1.807) is 6.07 Å². The second-order valence-electron chi connectivity index (χ2n) is 3.90. The van der Waals surface area contributed by atoms with Gasteiger partial charge in [-0.05, 0) is 32.3 Å². The zero-order valence-electron chi connectivity index (χ0n) is 9.88. The third kappa shape index (κ3) is 4.55. The molecule has 0 unspecified atom stereocenters. The van der Waals surface area contributed by atoms with Crippen LogP contribution in [0.5, 0.6) is 0 Å². The summed E-state index contributed by atoms with van der Waals surface area (Å²) in [4.78, 5) is 2.89. The number of nitrogens with zero attached hydrogens (tertiary/aromatic N) is 1. The third-order valence-corrected chi connectivity index (χ3v) is 4.07. The fourth-order valence-corrected chi connectivity index (χ4v) is 2.89. The lowest BCUT2D eigenvalue weighted by molar-refractivity contribution is 0.437. The largest absolute Gasteiger partial charge is 0.398 e. The van der Waals surface area contributed by atoms with Crippen LogP contribution in [0.3, 0.4) is 0 Å². The number of benzene rings is 1. The highest BCUT2D eigenvalue weighted by Gasteiger charge is 2.10. The summed E-state index contributed by atoms with van der Waals surface area (Å²) in [6.07, 6.45) is 0. The molecule has 1 rings (SSSR count). The van der Waals surface area contributed by atoms with Crippen molar-refractivity contribution in [2.45, 2.75) is 9.79 Å². The quantitative estimate of drug-likeness (QED) is 0.606. The van der Waals surface area contributed by atoms with Gasteiger partial charge in [0.2, 0.25) is 10.0 Å². The molecule has 0 aromatic heterocycles. The molecule has 0 saturated carbocycles. The second-order valence-corrected chi connectivity index (χ2v) is 6.59. The molecule has 0 bridgehead atoms. The fraction of sp³-hybridized carbons (Fsp3) is 0.400. The van der Waals surface area contributed by atoms with Crippen molar-refractivity contribution in [2.24, 2.45) is 5.14 Å². The maximum Gasteiger partial charge on any atom is 0.238 e. The number of rotatable bonds is 5. The second kappa shape index (κ2) is 5.72. The Balaban J connectivity index is 2.84. The van der Waals surface area contributed by atoms with Gasteiger partial charge in [0.25, 0.3) is 0 Å². The number of hydrogen-bond acceptors (Lipinski definition) is 5. The summed E-state index contributed by atoms with van der Waals surface area (Å²) in [7, 11) is 0.291. The van der Waals surface area contributed by atoms with Crippen molar-refractivity contribution in [3.63, 3.8) is 0 Å². The molecule has 0 amide bonds. The molecule has 0 aliphatic heterocycles. The van der Waals surface area contributed by atoms with Crippen LogP contribution in [-0.4, -0.2) is 39.7 Å². The Labute approximate surface area is 106 Å². The first-order valence-electron chi connectivity index (χ1n) is 5.00. The SMILES string of the molecule is CN(C)CCSc1cc(S(N)(=O)=O)ccc1N. The molecular weight excluding hydrogens is 258 g/mol. The molecule has 96 valence electrons. The van der Waals surface area contributed by atoms with Crippen LogP contribution in [-0.2, 0) is 10.0 Å². The molecule has 0 atom stereocenters. The van der Waals surface area contributed by atoms with Gasteiger partial charge in [-0.2, -0.15) is 0 Å². The monoisotopic (exact) mass is 275 g/mol. The first-order chi connectivity index (χ1) is 7.80. The molecular formula is C10H17N3O2S2. The number of anilines is 1. The normalized spacial score (nSPS) is 12.0. The minimum Gasteiger partial charge on any atom is -0.398 e. The highest BCUT2D eigenvalue weighted by Crippen LogP contribution is 2.27. The first kappa shape index (κ1) is 14.3. The molecule has 1 aromatic carbocycles. The molecule has 4 N–H and O–H groups in total. The summed E-state index contributed by atoms with van der Waals surface area (Å²) in [6.45, 7) is 0.893. The fourth-order valence-electron chi connectivity index (χ4n) is 1.15. The molecule has 0 aliphatic rings. The van der Waals surface area contributed by atoms with Crippen molar-refractivity contribution in [1.82, 2.24) is 4.90 Å². The van der Waals surface area contributed by atoms with Gasteiger partial charge < -0.3 is 10.6 Å². The number of primary sulfonamides is 1. The summed E-state index contributed by atoms with van der Waals surface area (Å²) in [6, 6.07) is 4.50. The molecule has 0 spiro atoms. The van der Waals surface area contributed by atoms with Gasteiger partial charge in [-0.25, -0.2) is 13.6 Å². The Kier molecular flexibility index (Phi) is 4.81. The van der Waals surface area contributed by atoms with Gasteiger partial charge in [-0.15, -0.1) is 11.8 Å². The van der Waals surface area contributed by atoms with Gasteiger partial charge in [-0.3, -0.25) is 0 Å².